The monoisotopic (exact) mass is 716 g/mol. The SMILES string of the molecule is COc1ccc2c(c1)C(c1ccc(Cl)cc1)=N[C@@H](CC(=O)NCc1cccc(C3CCN(C(=O)c4ccc(B(O)O)cc4)CC3)c1)c1nnc(C)n1-2. The molecule has 2 amide bonds. The number of carbonyl (C=O) groups excluding carboxylic acids is 2. The largest absolute Gasteiger partial charge is 0.497 e. The molecule has 7 rings (SSSR count). The first-order valence-corrected chi connectivity index (χ1v) is 17.6. The Morgan fingerprint density at radius 1 is 0.962 bits per heavy atom. The molecule has 1 aromatic heterocycles. The fourth-order valence-corrected chi connectivity index (χ4v) is 7.10. The summed E-state index contributed by atoms with van der Waals surface area (Å²) in [5.41, 5.74) is 6.27. The van der Waals surface area contributed by atoms with Crippen molar-refractivity contribution in [2.24, 2.45) is 4.99 Å². The van der Waals surface area contributed by atoms with Crippen LogP contribution in [0, 0.1) is 6.92 Å². The van der Waals surface area contributed by atoms with E-state index < -0.39 is 13.2 Å². The van der Waals surface area contributed by atoms with Crippen molar-refractivity contribution in [3.05, 3.63) is 135 Å². The highest BCUT2D eigenvalue weighted by Crippen LogP contribution is 2.35. The second-order valence-corrected chi connectivity index (χ2v) is 13.5. The van der Waals surface area contributed by atoms with Gasteiger partial charge in [-0.3, -0.25) is 19.1 Å². The number of benzene rings is 4. The molecule has 3 N–H and O–H groups in total. The van der Waals surface area contributed by atoms with Crippen molar-refractivity contribution in [3.8, 4) is 11.4 Å². The Morgan fingerprint density at radius 3 is 2.42 bits per heavy atom. The van der Waals surface area contributed by atoms with Gasteiger partial charge in [-0.1, -0.05) is 60.1 Å². The second-order valence-electron chi connectivity index (χ2n) is 13.1. The lowest BCUT2D eigenvalue weighted by molar-refractivity contribution is -0.121. The van der Waals surface area contributed by atoms with Crippen molar-refractivity contribution < 1.29 is 24.4 Å². The molecule has 0 spiro atoms. The maximum absolute atomic E-state index is 13.6. The summed E-state index contributed by atoms with van der Waals surface area (Å²) in [5, 5.41) is 31.3. The highest BCUT2D eigenvalue weighted by Gasteiger charge is 2.30. The normalized spacial score (nSPS) is 15.6. The fourth-order valence-electron chi connectivity index (χ4n) is 6.98. The zero-order chi connectivity index (χ0) is 36.4. The number of rotatable bonds is 9. The lowest BCUT2D eigenvalue weighted by Crippen LogP contribution is -2.38. The van der Waals surface area contributed by atoms with Gasteiger partial charge in [0.2, 0.25) is 5.91 Å². The topological polar surface area (TPSA) is 142 Å². The number of methoxy groups -OCH3 is 1. The summed E-state index contributed by atoms with van der Waals surface area (Å²) in [5.74, 6) is 1.99. The Balaban J connectivity index is 1.04. The number of hydrogen-bond donors (Lipinski definition) is 3. The van der Waals surface area contributed by atoms with E-state index in [-0.39, 0.29) is 24.2 Å². The van der Waals surface area contributed by atoms with E-state index in [2.05, 4.69) is 27.6 Å². The number of nitrogens with one attached hydrogen (secondary N) is 1. The molecule has 0 saturated carbocycles. The van der Waals surface area contributed by atoms with Gasteiger partial charge in [-0.25, -0.2) is 0 Å². The summed E-state index contributed by atoms with van der Waals surface area (Å²) in [6, 6.07) is 27.3. The first kappa shape index (κ1) is 35.1. The van der Waals surface area contributed by atoms with Gasteiger partial charge >= 0.3 is 7.12 Å². The average molecular weight is 717 g/mol. The number of aromatic nitrogens is 3. The number of aryl methyl sites for hydroxylation is 1. The quantitative estimate of drug-likeness (QED) is 0.190. The van der Waals surface area contributed by atoms with Gasteiger partial charge in [0, 0.05) is 41.3 Å². The number of aliphatic imine (C=N–C) groups is 1. The highest BCUT2D eigenvalue weighted by atomic mass is 35.5. The molecule has 0 radical (unpaired) electrons. The standard InChI is InChI=1S/C39H38BClN6O5/c1-24-44-45-38-34(43-37(27-8-12-31(41)13-9-27)33-21-32(52-2)14-15-35(33)47(24)38)22-36(48)42-23-25-4-3-5-29(20-25)26-16-18-46(19-17-26)39(49)28-6-10-30(11-7-28)40(50)51/h3-15,20-21,26,34,50-51H,16-19,22-23H2,1-2H3,(H,42,48)/t34-/m0/s1. The number of halogens is 1. The van der Waals surface area contributed by atoms with Crippen LogP contribution in [0.2, 0.25) is 5.02 Å². The lowest BCUT2D eigenvalue weighted by Gasteiger charge is -2.32. The summed E-state index contributed by atoms with van der Waals surface area (Å²) in [7, 11) is 0.0575. The van der Waals surface area contributed by atoms with Gasteiger partial charge < -0.3 is 25.0 Å². The van der Waals surface area contributed by atoms with Gasteiger partial charge in [-0.05, 0) is 84.7 Å². The Hall–Kier alpha value is -5.30. The van der Waals surface area contributed by atoms with Crippen molar-refractivity contribution in [2.45, 2.75) is 44.7 Å². The van der Waals surface area contributed by atoms with Crippen molar-refractivity contribution in [1.29, 1.82) is 0 Å². The Bertz CT molecular complexity index is 2130. The molecule has 0 bridgehead atoms. The smallest absolute Gasteiger partial charge is 0.488 e. The van der Waals surface area contributed by atoms with E-state index in [1.54, 1.807) is 31.4 Å². The summed E-state index contributed by atoms with van der Waals surface area (Å²) < 4.78 is 7.53. The number of carbonyl (C=O) groups is 2. The maximum atomic E-state index is 13.6. The van der Waals surface area contributed by atoms with E-state index in [1.165, 1.54) is 5.56 Å². The van der Waals surface area contributed by atoms with E-state index in [9.17, 15) is 19.6 Å². The van der Waals surface area contributed by atoms with Crippen LogP contribution in [0.15, 0.2) is 96.0 Å². The second kappa shape index (κ2) is 15.1. The third-order valence-electron chi connectivity index (χ3n) is 9.78. The summed E-state index contributed by atoms with van der Waals surface area (Å²) in [4.78, 5) is 33.7. The third kappa shape index (κ3) is 7.36. The lowest BCUT2D eigenvalue weighted by atomic mass is 9.80. The average Bonchev–Trinajstić information content (AvgIpc) is 3.50. The Kier molecular flexibility index (Phi) is 10.2. The molecule has 52 heavy (non-hydrogen) atoms. The number of nitrogens with zero attached hydrogens (tertiary/aromatic N) is 5. The molecule has 1 fully saturated rings. The minimum Gasteiger partial charge on any atom is -0.497 e. The molecule has 264 valence electrons. The molecule has 4 aromatic carbocycles. The van der Waals surface area contributed by atoms with Crippen LogP contribution in [0.5, 0.6) is 5.75 Å². The molecule has 3 heterocycles. The van der Waals surface area contributed by atoms with Crippen LogP contribution in [0.3, 0.4) is 0 Å². The van der Waals surface area contributed by atoms with Crippen LogP contribution in [-0.4, -0.2) is 74.6 Å². The van der Waals surface area contributed by atoms with E-state index in [0.29, 0.717) is 58.8 Å². The van der Waals surface area contributed by atoms with Crippen LogP contribution in [0.4, 0.5) is 0 Å². The number of fused-ring (bicyclic) bond motifs is 3. The maximum Gasteiger partial charge on any atom is 0.488 e. The highest BCUT2D eigenvalue weighted by molar-refractivity contribution is 6.58. The number of hydrogen-bond acceptors (Lipinski definition) is 8. The molecule has 2 aliphatic heterocycles. The van der Waals surface area contributed by atoms with Crippen molar-refractivity contribution in [1.82, 2.24) is 25.0 Å². The molecule has 2 aliphatic rings. The van der Waals surface area contributed by atoms with Crippen LogP contribution >= 0.6 is 11.6 Å². The number of likely N-dealkylation sites (tertiary alicyclic amines) is 1. The van der Waals surface area contributed by atoms with E-state index in [0.717, 1.165) is 35.2 Å². The van der Waals surface area contributed by atoms with Crippen LogP contribution in [0.1, 0.15) is 75.5 Å². The predicted octanol–water partition coefficient (Wildman–Crippen LogP) is 4.54. The Morgan fingerprint density at radius 2 is 1.71 bits per heavy atom. The molecule has 1 saturated heterocycles. The molecular weight excluding hydrogens is 679 g/mol. The van der Waals surface area contributed by atoms with Crippen molar-refractivity contribution in [3.63, 3.8) is 0 Å². The molecule has 1 atom stereocenters. The van der Waals surface area contributed by atoms with Gasteiger partial charge in [0.1, 0.15) is 17.6 Å². The molecule has 0 aliphatic carbocycles. The molecule has 13 heteroatoms. The molecule has 0 unspecified atom stereocenters. The Labute approximate surface area is 307 Å². The summed E-state index contributed by atoms with van der Waals surface area (Å²) in [6.45, 7) is 3.48. The van der Waals surface area contributed by atoms with Gasteiger partial charge in [0.05, 0.1) is 24.9 Å². The zero-order valence-electron chi connectivity index (χ0n) is 28.9. The zero-order valence-corrected chi connectivity index (χ0v) is 29.6. The fraction of sp³-hybridized carbons (Fsp3) is 0.256. The summed E-state index contributed by atoms with van der Waals surface area (Å²) >= 11 is 6.23. The van der Waals surface area contributed by atoms with Gasteiger partial charge in [-0.15, -0.1) is 10.2 Å². The molecule has 11 nitrogen and oxygen atoms in total. The third-order valence-corrected chi connectivity index (χ3v) is 10.0. The molecular formula is C39H38BClN6O5. The van der Waals surface area contributed by atoms with Crippen molar-refractivity contribution in [2.75, 3.05) is 20.2 Å². The minimum absolute atomic E-state index is 0.0653. The van der Waals surface area contributed by atoms with E-state index >= 15 is 0 Å². The first-order valence-electron chi connectivity index (χ1n) is 17.2. The number of amides is 2. The van der Waals surface area contributed by atoms with E-state index in [1.807, 2.05) is 71.0 Å². The minimum atomic E-state index is -1.56. The number of piperidine rings is 1. The van der Waals surface area contributed by atoms with Crippen LogP contribution in [0.25, 0.3) is 5.69 Å². The first-order chi connectivity index (χ1) is 25.2. The predicted molar refractivity (Wildman–Crippen MR) is 200 cm³/mol. The van der Waals surface area contributed by atoms with Crippen LogP contribution in [-0.2, 0) is 11.3 Å². The molecule has 5 aromatic rings. The number of ether oxygens (including phenoxy) is 1. The van der Waals surface area contributed by atoms with Crippen LogP contribution < -0.4 is 15.5 Å². The van der Waals surface area contributed by atoms with Gasteiger partial charge in [0.25, 0.3) is 5.91 Å². The van der Waals surface area contributed by atoms with E-state index in [4.69, 9.17) is 21.3 Å². The summed E-state index contributed by atoms with van der Waals surface area (Å²) in [6.07, 6.45) is 1.70. The van der Waals surface area contributed by atoms with Crippen molar-refractivity contribution >= 4 is 41.7 Å². The van der Waals surface area contributed by atoms with Gasteiger partial charge in [0.15, 0.2) is 5.82 Å². The van der Waals surface area contributed by atoms with Gasteiger partial charge in [-0.2, -0.15) is 0 Å².